The molecule has 1 atom stereocenters. The molecule has 2 aliphatic carbocycles. The molecule has 0 bridgehead atoms. The molecular weight excluding hydrogens is 340 g/mol. The summed E-state index contributed by atoms with van der Waals surface area (Å²) in [5.41, 5.74) is 9.70. The van der Waals surface area contributed by atoms with Gasteiger partial charge in [-0.3, -0.25) is 0 Å². The SMILES string of the molecule is C.N[C@@H]1c2ccccc2CC12CCN(c1cnc(SC3CC3)cn1)CC2. The zero-order valence-electron chi connectivity index (χ0n) is 14.4. The third kappa shape index (κ3) is 3.12. The van der Waals surface area contributed by atoms with E-state index in [1.807, 2.05) is 24.2 Å². The molecule has 2 aromatic rings. The lowest BCUT2D eigenvalue weighted by atomic mass is 9.73. The maximum Gasteiger partial charge on any atom is 0.147 e. The zero-order chi connectivity index (χ0) is 16.9. The highest BCUT2D eigenvalue weighted by Gasteiger charge is 2.45. The smallest absolute Gasteiger partial charge is 0.147 e. The van der Waals surface area contributed by atoms with E-state index in [0.717, 1.165) is 48.4 Å². The summed E-state index contributed by atoms with van der Waals surface area (Å²) < 4.78 is 0. The van der Waals surface area contributed by atoms with Crippen LogP contribution in [0.25, 0.3) is 0 Å². The highest BCUT2D eigenvalue weighted by Crippen LogP contribution is 2.50. The van der Waals surface area contributed by atoms with Crippen LogP contribution in [0.1, 0.15) is 50.3 Å². The Hall–Kier alpha value is -1.59. The Morgan fingerprint density at radius 1 is 1.08 bits per heavy atom. The minimum atomic E-state index is 0. The number of rotatable bonds is 3. The van der Waals surface area contributed by atoms with Crippen molar-refractivity contribution in [3.63, 3.8) is 0 Å². The van der Waals surface area contributed by atoms with Crippen molar-refractivity contribution in [3.8, 4) is 0 Å². The number of benzene rings is 1. The van der Waals surface area contributed by atoms with E-state index < -0.39 is 0 Å². The van der Waals surface area contributed by atoms with E-state index in [1.165, 1.54) is 24.0 Å². The predicted octanol–water partition coefficient (Wildman–Crippen LogP) is 4.21. The van der Waals surface area contributed by atoms with E-state index in [2.05, 4.69) is 39.1 Å². The van der Waals surface area contributed by atoms with Gasteiger partial charge in [0.1, 0.15) is 10.8 Å². The summed E-state index contributed by atoms with van der Waals surface area (Å²) in [7, 11) is 0. The van der Waals surface area contributed by atoms with Crippen molar-refractivity contribution >= 4 is 17.6 Å². The molecule has 4 nitrogen and oxygen atoms in total. The second-order valence-electron chi connectivity index (χ2n) is 7.73. The molecule has 0 unspecified atom stereocenters. The Bertz CT molecular complexity index is 764. The van der Waals surface area contributed by atoms with Crippen LogP contribution >= 0.6 is 11.8 Å². The molecule has 3 aliphatic rings. The molecule has 1 aromatic heterocycles. The van der Waals surface area contributed by atoms with Gasteiger partial charge in [-0.15, -0.1) is 11.8 Å². The highest BCUT2D eigenvalue weighted by molar-refractivity contribution is 8.00. The van der Waals surface area contributed by atoms with E-state index in [0.29, 0.717) is 0 Å². The van der Waals surface area contributed by atoms with Gasteiger partial charge in [0, 0.05) is 24.4 Å². The number of fused-ring (bicyclic) bond motifs is 1. The highest BCUT2D eigenvalue weighted by atomic mass is 32.2. The van der Waals surface area contributed by atoms with Gasteiger partial charge in [-0.05, 0) is 48.6 Å². The van der Waals surface area contributed by atoms with Crippen molar-refractivity contribution in [2.24, 2.45) is 11.1 Å². The van der Waals surface area contributed by atoms with Gasteiger partial charge in [-0.2, -0.15) is 0 Å². The van der Waals surface area contributed by atoms with Gasteiger partial charge in [-0.1, -0.05) is 31.7 Å². The van der Waals surface area contributed by atoms with Crippen LogP contribution in [-0.2, 0) is 6.42 Å². The molecule has 5 heteroatoms. The summed E-state index contributed by atoms with van der Waals surface area (Å²) in [6.07, 6.45) is 9.93. The minimum Gasteiger partial charge on any atom is -0.355 e. The number of nitrogens with two attached hydrogens (primary N) is 1. The molecule has 1 aromatic carbocycles. The van der Waals surface area contributed by atoms with Crippen molar-refractivity contribution in [2.45, 2.75) is 55.8 Å². The summed E-state index contributed by atoms with van der Waals surface area (Å²) >= 11 is 1.86. The topological polar surface area (TPSA) is 55.0 Å². The van der Waals surface area contributed by atoms with Crippen LogP contribution in [-0.4, -0.2) is 28.3 Å². The standard InChI is InChI=1S/C20H24N4S.CH4/c21-19-16-4-2-1-3-14(16)11-20(19)7-9-24(10-8-20)17-12-23-18(13-22-17)25-15-5-6-15;/h1-4,12-13,15,19H,5-11,21H2;1H4/t19-;/m1./s1. The lowest BCUT2D eigenvalue weighted by Gasteiger charge is -2.42. The van der Waals surface area contributed by atoms with E-state index in [1.54, 1.807) is 0 Å². The monoisotopic (exact) mass is 368 g/mol. The third-order valence-electron chi connectivity index (χ3n) is 6.10. The Labute approximate surface area is 160 Å². The first kappa shape index (κ1) is 17.8. The van der Waals surface area contributed by atoms with Crippen molar-refractivity contribution in [3.05, 3.63) is 47.8 Å². The van der Waals surface area contributed by atoms with Gasteiger partial charge in [-0.25, -0.2) is 9.97 Å². The average molecular weight is 369 g/mol. The molecule has 2 heterocycles. The summed E-state index contributed by atoms with van der Waals surface area (Å²) in [5, 5.41) is 1.84. The van der Waals surface area contributed by atoms with Gasteiger partial charge in [0.05, 0.1) is 12.4 Å². The zero-order valence-corrected chi connectivity index (χ0v) is 15.2. The van der Waals surface area contributed by atoms with Gasteiger partial charge >= 0.3 is 0 Å². The Kier molecular flexibility index (Phi) is 4.70. The van der Waals surface area contributed by atoms with Gasteiger partial charge in [0.15, 0.2) is 0 Å². The van der Waals surface area contributed by atoms with Crippen molar-refractivity contribution < 1.29 is 0 Å². The molecular formula is C21H28N4S. The minimum absolute atomic E-state index is 0. The van der Waals surface area contributed by atoms with E-state index in [9.17, 15) is 0 Å². The maximum absolute atomic E-state index is 6.66. The fraction of sp³-hybridized carbons (Fsp3) is 0.524. The quantitative estimate of drug-likeness (QED) is 0.879. The summed E-state index contributed by atoms with van der Waals surface area (Å²) in [5.74, 6) is 1.01. The molecule has 2 N–H and O–H groups in total. The number of hydrogen-bond acceptors (Lipinski definition) is 5. The lowest BCUT2D eigenvalue weighted by molar-refractivity contribution is 0.187. The predicted molar refractivity (Wildman–Crippen MR) is 109 cm³/mol. The fourth-order valence-corrected chi connectivity index (χ4v) is 5.32. The molecule has 0 amide bonds. The average Bonchev–Trinajstić information content (AvgIpc) is 3.42. The van der Waals surface area contributed by atoms with Crippen LogP contribution in [0.3, 0.4) is 0 Å². The van der Waals surface area contributed by atoms with Crippen LogP contribution in [0, 0.1) is 5.41 Å². The normalized spacial score (nSPS) is 23.6. The molecule has 138 valence electrons. The molecule has 26 heavy (non-hydrogen) atoms. The van der Waals surface area contributed by atoms with Gasteiger partial charge < -0.3 is 10.6 Å². The lowest BCUT2D eigenvalue weighted by Crippen LogP contribution is -2.44. The second-order valence-corrected chi connectivity index (χ2v) is 9.05. The molecule has 1 saturated carbocycles. The summed E-state index contributed by atoms with van der Waals surface area (Å²) in [6, 6.07) is 8.88. The van der Waals surface area contributed by atoms with Crippen molar-refractivity contribution in [2.75, 3.05) is 18.0 Å². The largest absolute Gasteiger partial charge is 0.355 e. The van der Waals surface area contributed by atoms with E-state index in [-0.39, 0.29) is 18.9 Å². The number of anilines is 1. The summed E-state index contributed by atoms with van der Waals surface area (Å²) in [6.45, 7) is 2.04. The van der Waals surface area contributed by atoms with Crippen molar-refractivity contribution in [1.82, 2.24) is 9.97 Å². The molecule has 5 rings (SSSR count). The van der Waals surface area contributed by atoms with Gasteiger partial charge in [0.2, 0.25) is 0 Å². The molecule has 1 aliphatic heterocycles. The van der Waals surface area contributed by atoms with Crippen molar-refractivity contribution in [1.29, 1.82) is 0 Å². The van der Waals surface area contributed by atoms with E-state index >= 15 is 0 Å². The Morgan fingerprint density at radius 2 is 1.85 bits per heavy atom. The third-order valence-corrected chi connectivity index (χ3v) is 7.36. The van der Waals surface area contributed by atoms with E-state index in [4.69, 9.17) is 5.73 Å². The Morgan fingerprint density at radius 3 is 2.50 bits per heavy atom. The van der Waals surface area contributed by atoms with Crippen LogP contribution < -0.4 is 10.6 Å². The number of thioether (sulfide) groups is 1. The Balaban J connectivity index is 0.00000168. The number of nitrogens with zero attached hydrogens (tertiary/aromatic N) is 3. The first-order valence-electron chi connectivity index (χ1n) is 9.31. The molecule has 0 radical (unpaired) electrons. The van der Waals surface area contributed by atoms with Crippen LogP contribution in [0.4, 0.5) is 5.82 Å². The molecule has 1 saturated heterocycles. The van der Waals surface area contributed by atoms with Gasteiger partial charge in [0.25, 0.3) is 0 Å². The number of aromatic nitrogens is 2. The van der Waals surface area contributed by atoms with Crippen LogP contribution in [0.2, 0.25) is 0 Å². The summed E-state index contributed by atoms with van der Waals surface area (Å²) in [4.78, 5) is 11.6. The van der Waals surface area contributed by atoms with Crippen LogP contribution in [0.5, 0.6) is 0 Å². The van der Waals surface area contributed by atoms with Crippen LogP contribution in [0.15, 0.2) is 41.7 Å². The number of hydrogen-bond donors (Lipinski definition) is 1. The first-order chi connectivity index (χ1) is 12.2. The number of piperidine rings is 1. The fourth-order valence-electron chi connectivity index (χ4n) is 4.38. The second kappa shape index (κ2) is 6.86. The first-order valence-corrected chi connectivity index (χ1v) is 10.2. The molecule has 1 spiro atoms. The maximum atomic E-state index is 6.66. The molecule has 2 fully saturated rings.